The molecular weight excluding hydrogens is 632 g/mol. The van der Waals surface area contributed by atoms with E-state index in [4.69, 9.17) is 9.26 Å². The maximum Gasteiger partial charge on any atom is 0.412 e. The number of benzene rings is 1. The summed E-state index contributed by atoms with van der Waals surface area (Å²) in [4.78, 5) is 52.8. The Kier molecular flexibility index (Phi) is 11.9. The number of aryl methyl sites for hydroxylation is 1. The molecule has 0 aliphatic heterocycles. The van der Waals surface area contributed by atoms with Gasteiger partial charge in [0.25, 0.3) is 5.69 Å². The number of H-pyrrole nitrogens is 1. The van der Waals surface area contributed by atoms with Crippen LogP contribution in [-0.4, -0.2) is 57.4 Å². The summed E-state index contributed by atoms with van der Waals surface area (Å²) < 4.78 is 11.9. The van der Waals surface area contributed by atoms with Gasteiger partial charge in [-0.1, -0.05) is 59.7 Å². The Morgan fingerprint density at radius 2 is 1.76 bits per heavy atom. The molecule has 2 amide bonds. The number of amides is 2. The lowest BCUT2D eigenvalue weighted by molar-refractivity contribution is -0.385. The number of rotatable bonds is 7. The van der Waals surface area contributed by atoms with Crippen LogP contribution in [0.2, 0.25) is 0 Å². The zero-order valence-electron chi connectivity index (χ0n) is 29.8. The van der Waals surface area contributed by atoms with E-state index in [1.54, 1.807) is 52.2 Å². The number of aromatic nitrogens is 7. The molecule has 0 fully saturated rings. The minimum absolute atomic E-state index is 0.143. The Hall–Kier alpha value is -5.67. The molecule has 0 saturated heterocycles. The van der Waals surface area contributed by atoms with Gasteiger partial charge in [-0.25, -0.2) is 14.8 Å². The van der Waals surface area contributed by atoms with Crippen LogP contribution in [0.3, 0.4) is 0 Å². The lowest BCUT2D eigenvalue weighted by Crippen LogP contribution is -2.27. The van der Waals surface area contributed by atoms with Crippen molar-refractivity contribution in [3.05, 3.63) is 64.1 Å². The standard InChI is InChI=1S/C29H32N10O6.2C2H6/c1-28(2,3)26-35-25(45-37-26)24(40)31-13-16-9-8-15(12-19(16)39(42)43)17-10-11-30-22-20(17)33-23(34-22)21-18(14-38(7)36-21)32-27(41)44-29(4,5)6;2*1-2/h8-12,14H,13H2,1-7H3,(H,31,40)(H,32,41)(H,30,33,34);2*1-2H3. The Bertz CT molecular complexity index is 1930. The average Bonchev–Trinajstić information content (AvgIpc) is 3.79. The van der Waals surface area contributed by atoms with Crippen LogP contribution >= 0.6 is 0 Å². The quantitative estimate of drug-likeness (QED) is 0.119. The number of anilines is 1. The summed E-state index contributed by atoms with van der Waals surface area (Å²) in [5.74, 6) is -0.189. The van der Waals surface area contributed by atoms with Crippen LogP contribution < -0.4 is 10.6 Å². The predicted octanol–water partition coefficient (Wildman–Crippen LogP) is 6.94. The maximum atomic E-state index is 12.6. The first-order valence-corrected chi connectivity index (χ1v) is 15.9. The zero-order chi connectivity index (χ0) is 36.7. The summed E-state index contributed by atoms with van der Waals surface area (Å²) in [6.45, 7) is 18.8. The second-order valence-corrected chi connectivity index (χ2v) is 12.3. The van der Waals surface area contributed by atoms with Crippen molar-refractivity contribution < 1.29 is 23.8 Å². The molecule has 262 valence electrons. The van der Waals surface area contributed by atoms with E-state index in [1.165, 1.54) is 16.9 Å². The molecule has 4 aromatic heterocycles. The largest absolute Gasteiger partial charge is 0.444 e. The Balaban J connectivity index is 0.00000157. The molecule has 0 aliphatic rings. The smallest absolute Gasteiger partial charge is 0.412 e. The zero-order valence-corrected chi connectivity index (χ0v) is 29.8. The van der Waals surface area contributed by atoms with Crippen molar-refractivity contribution in [1.82, 2.24) is 40.2 Å². The molecule has 16 heteroatoms. The van der Waals surface area contributed by atoms with Gasteiger partial charge < -0.3 is 19.6 Å². The van der Waals surface area contributed by atoms with Crippen LogP contribution in [-0.2, 0) is 23.7 Å². The number of carbonyl (C=O) groups excluding carboxylic acids is 2. The number of pyridine rings is 1. The highest BCUT2D eigenvalue weighted by atomic mass is 16.6. The third-order valence-electron chi connectivity index (χ3n) is 6.40. The molecule has 1 aromatic carbocycles. The number of imidazole rings is 1. The van der Waals surface area contributed by atoms with Gasteiger partial charge in [0.05, 0.1) is 22.7 Å². The predicted molar refractivity (Wildman–Crippen MR) is 185 cm³/mol. The van der Waals surface area contributed by atoms with Crippen molar-refractivity contribution in [2.45, 2.75) is 86.8 Å². The van der Waals surface area contributed by atoms with Gasteiger partial charge in [-0.2, -0.15) is 10.1 Å². The topological polar surface area (TPSA) is 209 Å². The molecule has 0 unspecified atom stereocenters. The molecule has 0 radical (unpaired) electrons. The van der Waals surface area contributed by atoms with E-state index in [0.29, 0.717) is 45.3 Å². The number of ether oxygens (including phenoxy) is 1. The first kappa shape index (κ1) is 37.8. The third-order valence-corrected chi connectivity index (χ3v) is 6.40. The summed E-state index contributed by atoms with van der Waals surface area (Å²) in [6, 6.07) is 6.38. The van der Waals surface area contributed by atoms with E-state index in [2.05, 4.69) is 40.8 Å². The first-order chi connectivity index (χ1) is 23.1. The summed E-state index contributed by atoms with van der Waals surface area (Å²) >= 11 is 0. The molecular formula is C33H44N10O6. The Morgan fingerprint density at radius 1 is 1.06 bits per heavy atom. The number of nitro groups is 1. The summed E-state index contributed by atoms with van der Waals surface area (Å²) in [5.41, 5.74) is 1.62. The molecule has 3 N–H and O–H groups in total. The van der Waals surface area contributed by atoms with Crippen LogP contribution in [0.25, 0.3) is 33.8 Å². The highest BCUT2D eigenvalue weighted by Gasteiger charge is 2.25. The Morgan fingerprint density at radius 3 is 2.37 bits per heavy atom. The van der Waals surface area contributed by atoms with Crippen LogP contribution in [0.1, 0.15) is 91.3 Å². The number of hydrogen-bond acceptors (Lipinski definition) is 11. The lowest BCUT2D eigenvalue weighted by atomic mass is 9.96. The van der Waals surface area contributed by atoms with E-state index in [9.17, 15) is 19.7 Å². The van der Waals surface area contributed by atoms with Crippen LogP contribution in [0.5, 0.6) is 0 Å². The second-order valence-electron chi connectivity index (χ2n) is 12.3. The highest BCUT2D eigenvalue weighted by molar-refractivity contribution is 5.94. The molecule has 4 heterocycles. The fourth-order valence-electron chi connectivity index (χ4n) is 4.35. The molecule has 0 aliphatic carbocycles. The van der Waals surface area contributed by atoms with Crippen molar-refractivity contribution in [3.63, 3.8) is 0 Å². The van der Waals surface area contributed by atoms with E-state index in [1.807, 2.05) is 48.5 Å². The lowest BCUT2D eigenvalue weighted by Gasteiger charge is -2.19. The third kappa shape index (κ3) is 9.24. The Labute approximate surface area is 284 Å². The minimum atomic E-state index is -0.696. The van der Waals surface area contributed by atoms with Crippen molar-refractivity contribution in [1.29, 1.82) is 0 Å². The number of aromatic amines is 1. The van der Waals surface area contributed by atoms with Gasteiger partial charge in [-0.3, -0.25) is 24.9 Å². The molecule has 0 bridgehead atoms. The number of nitro benzene ring substituents is 1. The molecule has 49 heavy (non-hydrogen) atoms. The van der Waals surface area contributed by atoms with Crippen LogP contribution in [0, 0.1) is 10.1 Å². The molecule has 0 spiro atoms. The van der Waals surface area contributed by atoms with Crippen molar-refractivity contribution in [2.24, 2.45) is 7.05 Å². The van der Waals surface area contributed by atoms with Crippen LogP contribution in [0.15, 0.2) is 41.2 Å². The van der Waals surface area contributed by atoms with Gasteiger partial charge in [0.1, 0.15) is 5.60 Å². The monoisotopic (exact) mass is 676 g/mol. The molecule has 5 aromatic rings. The van der Waals surface area contributed by atoms with Gasteiger partial charge >= 0.3 is 17.9 Å². The summed E-state index contributed by atoms with van der Waals surface area (Å²) in [5, 5.41) is 25.6. The van der Waals surface area contributed by atoms with Gasteiger partial charge in [-0.15, -0.1) is 0 Å². The SMILES string of the molecule is CC.CC.Cn1cc(NC(=O)OC(C)(C)C)c(-c2nc3nccc(-c4ccc(CNC(=O)c5nc(C(C)(C)C)no5)c([N+](=O)[O-])c4)c3[nH]2)n1. The van der Waals surface area contributed by atoms with Gasteiger partial charge in [0.15, 0.2) is 23.0 Å². The first-order valence-electron chi connectivity index (χ1n) is 15.9. The van der Waals surface area contributed by atoms with E-state index in [-0.39, 0.29) is 23.7 Å². The van der Waals surface area contributed by atoms with Crippen molar-refractivity contribution in [3.8, 4) is 22.6 Å². The molecule has 0 saturated carbocycles. The molecule has 16 nitrogen and oxygen atoms in total. The van der Waals surface area contributed by atoms with E-state index < -0.39 is 27.9 Å². The fourth-order valence-corrected chi connectivity index (χ4v) is 4.35. The van der Waals surface area contributed by atoms with Crippen molar-refractivity contribution >= 4 is 34.5 Å². The van der Waals surface area contributed by atoms with Gasteiger partial charge in [-0.05, 0) is 38.5 Å². The van der Waals surface area contributed by atoms with Gasteiger partial charge in [0.2, 0.25) is 0 Å². The average molecular weight is 677 g/mol. The van der Waals surface area contributed by atoms with E-state index in [0.717, 1.165) is 0 Å². The molecule has 0 atom stereocenters. The highest BCUT2D eigenvalue weighted by Crippen LogP contribution is 2.33. The van der Waals surface area contributed by atoms with Gasteiger partial charge in [0, 0.05) is 42.0 Å². The number of nitrogens with one attached hydrogen (secondary N) is 3. The fraction of sp³-hybridized carbons (Fsp3) is 0.424. The minimum Gasteiger partial charge on any atom is -0.444 e. The summed E-state index contributed by atoms with van der Waals surface area (Å²) in [6.07, 6.45) is 2.50. The number of nitrogens with zero attached hydrogens (tertiary/aromatic N) is 7. The number of fused-ring (bicyclic) bond motifs is 1. The van der Waals surface area contributed by atoms with Crippen LogP contribution in [0.4, 0.5) is 16.2 Å². The number of hydrogen-bond donors (Lipinski definition) is 3. The molecule has 5 rings (SSSR count). The van der Waals surface area contributed by atoms with Crippen molar-refractivity contribution in [2.75, 3.05) is 5.32 Å². The summed E-state index contributed by atoms with van der Waals surface area (Å²) in [7, 11) is 1.70. The van der Waals surface area contributed by atoms with E-state index >= 15 is 0 Å². The second kappa shape index (κ2) is 15.5. The normalized spacial score (nSPS) is 11.2. The number of carbonyl (C=O) groups is 2. The maximum absolute atomic E-state index is 12.6.